The van der Waals surface area contributed by atoms with Gasteiger partial charge in [-0.2, -0.15) is 13.2 Å². The number of hydrogen-bond donors (Lipinski definition) is 2. The summed E-state index contributed by atoms with van der Waals surface area (Å²) >= 11 is 0. The Morgan fingerprint density at radius 3 is 2.68 bits per heavy atom. The van der Waals surface area contributed by atoms with Gasteiger partial charge >= 0.3 is 12.1 Å². The van der Waals surface area contributed by atoms with Crippen LogP contribution in [0, 0.1) is 5.82 Å². The second-order valence-corrected chi connectivity index (χ2v) is 5.48. The van der Waals surface area contributed by atoms with Crippen LogP contribution in [-0.4, -0.2) is 67.3 Å². The third-order valence-electron chi connectivity index (χ3n) is 3.48. The van der Waals surface area contributed by atoms with E-state index >= 15 is 0 Å². The molecular formula is C15H18F4N2O4. The van der Waals surface area contributed by atoms with E-state index in [4.69, 9.17) is 4.74 Å². The number of alkyl halides is 3. The van der Waals surface area contributed by atoms with Gasteiger partial charge < -0.3 is 19.9 Å². The first-order valence-corrected chi connectivity index (χ1v) is 7.54. The van der Waals surface area contributed by atoms with Gasteiger partial charge in [-0.05, 0) is 24.3 Å². The van der Waals surface area contributed by atoms with Gasteiger partial charge in [-0.3, -0.25) is 4.90 Å². The zero-order valence-corrected chi connectivity index (χ0v) is 13.1. The fourth-order valence-electron chi connectivity index (χ4n) is 2.28. The number of halogens is 4. The van der Waals surface area contributed by atoms with Crippen molar-refractivity contribution in [3.63, 3.8) is 0 Å². The third kappa shape index (κ3) is 6.15. The van der Waals surface area contributed by atoms with Crippen LogP contribution < -0.4 is 10.1 Å². The summed E-state index contributed by atoms with van der Waals surface area (Å²) < 4.78 is 59.5. The van der Waals surface area contributed by atoms with E-state index in [1.807, 2.05) is 0 Å². The average Bonchev–Trinajstić information content (AvgIpc) is 2.55. The zero-order chi connectivity index (χ0) is 18.4. The molecule has 0 bridgehead atoms. The minimum absolute atomic E-state index is 0.0212. The van der Waals surface area contributed by atoms with Gasteiger partial charge in [0.15, 0.2) is 6.23 Å². The predicted molar refractivity (Wildman–Crippen MR) is 78.3 cm³/mol. The number of piperazine rings is 1. The second-order valence-electron chi connectivity index (χ2n) is 5.48. The molecule has 1 aromatic carbocycles. The number of aliphatic hydroxyl groups excluding tert-OH is 1. The minimum Gasteiger partial charge on any atom is -0.491 e. The first-order valence-electron chi connectivity index (χ1n) is 7.54. The first-order chi connectivity index (χ1) is 11.8. The average molecular weight is 366 g/mol. The Bertz CT molecular complexity index is 568. The highest BCUT2D eigenvalue weighted by Gasteiger charge is 2.43. The normalized spacial score (nSPS) is 20.1. The van der Waals surface area contributed by atoms with Crippen molar-refractivity contribution in [3.8, 4) is 5.75 Å². The Labute approximate surface area is 141 Å². The molecule has 0 aliphatic carbocycles. The number of esters is 1. The van der Waals surface area contributed by atoms with Crippen LogP contribution in [0.25, 0.3) is 0 Å². The first kappa shape index (κ1) is 19.4. The topological polar surface area (TPSA) is 71.0 Å². The molecule has 2 rings (SSSR count). The Balaban J connectivity index is 1.85. The van der Waals surface area contributed by atoms with Gasteiger partial charge in [-0.25, -0.2) is 9.18 Å². The summed E-state index contributed by atoms with van der Waals surface area (Å²) in [4.78, 5) is 12.4. The number of β-amino-alcohol motifs (C(OH)–C–C–N with tert-alkyl or cyclic N) is 1. The molecule has 6 nitrogen and oxygen atoms in total. The Morgan fingerprint density at radius 1 is 1.36 bits per heavy atom. The van der Waals surface area contributed by atoms with Crippen molar-refractivity contribution in [2.75, 3.05) is 32.8 Å². The minimum atomic E-state index is -5.08. The van der Waals surface area contributed by atoms with E-state index < -0.39 is 30.3 Å². The van der Waals surface area contributed by atoms with E-state index in [2.05, 4.69) is 10.1 Å². The van der Waals surface area contributed by atoms with E-state index in [-0.39, 0.29) is 19.7 Å². The number of carbonyl (C=O) groups excluding carboxylic acids is 1. The van der Waals surface area contributed by atoms with Crippen molar-refractivity contribution in [2.45, 2.75) is 18.5 Å². The highest BCUT2D eigenvalue weighted by molar-refractivity contribution is 5.75. The van der Waals surface area contributed by atoms with Gasteiger partial charge in [0, 0.05) is 26.2 Å². The van der Waals surface area contributed by atoms with Crippen LogP contribution in [0.2, 0.25) is 0 Å². The summed E-state index contributed by atoms with van der Waals surface area (Å²) in [6.45, 7) is 0.608. The lowest BCUT2D eigenvalue weighted by atomic mass is 10.2. The zero-order valence-electron chi connectivity index (χ0n) is 13.1. The molecule has 1 fully saturated rings. The molecule has 2 atom stereocenters. The molecule has 1 aromatic rings. The van der Waals surface area contributed by atoms with Crippen LogP contribution in [0.4, 0.5) is 17.6 Å². The van der Waals surface area contributed by atoms with Crippen molar-refractivity contribution in [1.82, 2.24) is 10.2 Å². The van der Waals surface area contributed by atoms with E-state index in [1.165, 1.54) is 29.2 Å². The molecule has 0 aromatic heterocycles. The summed E-state index contributed by atoms with van der Waals surface area (Å²) in [5.41, 5.74) is 0. The number of aliphatic hydroxyl groups is 1. The quantitative estimate of drug-likeness (QED) is 0.576. The number of carbonyl (C=O) groups is 1. The highest BCUT2D eigenvalue weighted by Crippen LogP contribution is 2.19. The number of nitrogens with one attached hydrogen (secondary N) is 1. The van der Waals surface area contributed by atoms with Crippen molar-refractivity contribution in [2.24, 2.45) is 0 Å². The Kier molecular flexibility index (Phi) is 6.57. The van der Waals surface area contributed by atoms with Gasteiger partial charge in [-0.1, -0.05) is 0 Å². The molecule has 0 spiro atoms. The molecular weight excluding hydrogens is 348 g/mol. The van der Waals surface area contributed by atoms with Crippen LogP contribution >= 0.6 is 0 Å². The largest absolute Gasteiger partial charge is 0.491 e. The highest BCUT2D eigenvalue weighted by atomic mass is 19.4. The maximum absolute atomic E-state index is 12.8. The van der Waals surface area contributed by atoms with E-state index in [1.54, 1.807) is 0 Å². The van der Waals surface area contributed by atoms with E-state index in [0.717, 1.165) is 0 Å². The number of benzene rings is 1. The number of ether oxygens (including phenoxy) is 2. The van der Waals surface area contributed by atoms with E-state index in [9.17, 15) is 27.5 Å². The van der Waals surface area contributed by atoms with Crippen molar-refractivity contribution < 1.29 is 36.9 Å². The van der Waals surface area contributed by atoms with Gasteiger partial charge in [0.2, 0.25) is 0 Å². The van der Waals surface area contributed by atoms with Gasteiger partial charge in [0.05, 0.1) is 0 Å². The Morgan fingerprint density at radius 2 is 2.04 bits per heavy atom. The second kappa shape index (κ2) is 8.45. The van der Waals surface area contributed by atoms with Crippen molar-refractivity contribution in [1.29, 1.82) is 0 Å². The lowest BCUT2D eigenvalue weighted by Gasteiger charge is -2.36. The molecule has 0 saturated carbocycles. The van der Waals surface area contributed by atoms with Gasteiger partial charge in [0.25, 0.3) is 0 Å². The summed E-state index contributed by atoms with van der Waals surface area (Å²) in [5.74, 6) is -2.35. The van der Waals surface area contributed by atoms with Crippen LogP contribution in [0.1, 0.15) is 0 Å². The molecule has 2 unspecified atom stereocenters. The molecule has 1 aliphatic rings. The van der Waals surface area contributed by atoms with Crippen molar-refractivity contribution >= 4 is 5.97 Å². The third-order valence-corrected chi connectivity index (χ3v) is 3.48. The standard InChI is InChI=1S/C15H18F4N2O4/c16-10-1-3-12(4-2-10)24-9-11(22)8-21-6-5-20-7-13(21)25-14(23)15(17,18)19/h1-4,11,13,20,22H,5-9H2. The lowest BCUT2D eigenvalue weighted by Crippen LogP contribution is -2.56. The maximum atomic E-state index is 12.8. The molecule has 0 amide bonds. The number of rotatable bonds is 6. The number of hydrogen-bond acceptors (Lipinski definition) is 6. The van der Waals surface area contributed by atoms with Crippen LogP contribution in [0.15, 0.2) is 24.3 Å². The molecule has 0 radical (unpaired) electrons. The summed E-state index contributed by atoms with van der Waals surface area (Å²) in [5, 5.41) is 12.8. The molecule has 10 heteroatoms. The fraction of sp³-hybridized carbons (Fsp3) is 0.533. The maximum Gasteiger partial charge on any atom is 0.490 e. The van der Waals surface area contributed by atoms with Crippen molar-refractivity contribution in [3.05, 3.63) is 30.1 Å². The van der Waals surface area contributed by atoms with Gasteiger partial charge in [0.1, 0.15) is 24.3 Å². The van der Waals surface area contributed by atoms with Crippen LogP contribution in [0.5, 0.6) is 5.75 Å². The summed E-state index contributed by atoms with van der Waals surface area (Å²) in [7, 11) is 0. The number of nitrogens with zero attached hydrogens (tertiary/aromatic N) is 1. The molecule has 1 heterocycles. The molecule has 25 heavy (non-hydrogen) atoms. The van der Waals surface area contributed by atoms with E-state index in [0.29, 0.717) is 18.8 Å². The molecule has 1 saturated heterocycles. The summed E-state index contributed by atoms with van der Waals surface area (Å²) in [6.07, 6.45) is -7.24. The van der Waals surface area contributed by atoms with Crippen LogP contribution in [0.3, 0.4) is 0 Å². The lowest BCUT2D eigenvalue weighted by molar-refractivity contribution is -0.214. The Hall–Kier alpha value is -1.91. The summed E-state index contributed by atoms with van der Waals surface area (Å²) in [6, 6.07) is 5.18. The SMILES string of the molecule is O=C(OC1CNCCN1CC(O)COc1ccc(F)cc1)C(F)(F)F. The smallest absolute Gasteiger partial charge is 0.490 e. The van der Waals surface area contributed by atoms with Crippen LogP contribution in [-0.2, 0) is 9.53 Å². The molecule has 140 valence electrons. The molecule has 1 aliphatic heterocycles. The fourth-order valence-corrected chi connectivity index (χ4v) is 2.28. The predicted octanol–water partition coefficient (Wildman–Crippen LogP) is 0.902. The van der Waals surface area contributed by atoms with Gasteiger partial charge in [-0.15, -0.1) is 0 Å². The monoisotopic (exact) mass is 366 g/mol. The molecule has 2 N–H and O–H groups in total.